The van der Waals surface area contributed by atoms with Crippen molar-refractivity contribution in [3.05, 3.63) is 41.5 Å². The number of benzene rings is 1. The zero-order chi connectivity index (χ0) is 13.1. The van der Waals surface area contributed by atoms with Gasteiger partial charge in [0, 0.05) is 5.69 Å². The Morgan fingerprint density at radius 3 is 2.78 bits per heavy atom. The zero-order valence-electron chi connectivity index (χ0n) is 10.7. The maximum absolute atomic E-state index is 12.0. The highest BCUT2D eigenvalue weighted by Gasteiger charge is 2.14. The Morgan fingerprint density at radius 1 is 1.39 bits per heavy atom. The second kappa shape index (κ2) is 5.00. The average Bonchev–Trinajstić information content (AvgIpc) is 2.85. The van der Waals surface area contributed by atoms with Crippen molar-refractivity contribution in [3.63, 3.8) is 0 Å². The normalized spacial score (nSPS) is 10.7. The summed E-state index contributed by atoms with van der Waals surface area (Å²) < 4.78 is 0. The van der Waals surface area contributed by atoms with E-state index in [1.54, 1.807) is 0 Å². The van der Waals surface area contributed by atoms with E-state index in [9.17, 15) is 4.79 Å². The lowest BCUT2D eigenvalue weighted by atomic mass is 9.98. The summed E-state index contributed by atoms with van der Waals surface area (Å²) in [5.74, 6) is 0.284. The van der Waals surface area contributed by atoms with Crippen molar-refractivity contribution < 1.29 is 4.79 Å². The molecule has 0 spiro atoms. The van der Waals surface area contributed by atoms with Crippen LogP contribution >= 0.6 is 0 Å². The fourth-order valence-electron chi connectivity index (χ4n) is 1.83. The molecule has 0 unspecified atom stereocenters. The topological polar surface area (TPSA) is 70.7 Å². The third-order valence-corrected chi connectivity index (χ3v) is 2.80. The highest BCUT2D eigenvalue weighted by atomic mass is 16.2. The molecule has 0 radical (unpaired) electrons. The molecule has 0 aliphatic rings. The fraction of sp³-hybridized carbons (Fsp3) is 0.308. The maximum Gasteiger partial charge on any atom is 0.292 e. The third kappa shape index (κ3) is 2.40. The fourth-order valence-corrected chi connectivity index (χ4v) is 1.83. The molecule has 0 aliphatic carbocycles. The van der Waals surface area contributed by atoms with Crippen LogP contribution in [-0.2, 0) is 0 Å². The van der Waals surface area contributed by atoms with E-state index < -0.39 is 0 Å². The number of aromatic nitrogens is 3. The molecule has 1 amide bonds. The number of para-hydroxylation sites is 1. The molecule has 0 saturated heterocycles. The van der Waals surface area contributed by atoms with Crippen LogP contribution in [0, 0.1) is 6.92 Å². The minimum absolute atomic E-state index is 0.216. The first-order valence-electron chi connectivity index (χ1n) is 5.86. The molecular formula is C13H16N4O. The lowest BCUT2D eigenvalue weighted by Gasteiger charge is -2.15. The molecule has 2 N–H and O–H groups in total. The van der Waals surface area contributed by atoms with Crippen molar-refractivity contribution in [1.82, 2.24) is 15.2 Å². The van der Waals surface area contributed by atoms with Crippen LogP contribution in [0.1, 0.15) is 41.5 Å². The van der Waals surface area contributed by atoms with Crippen molar-refractivity contribution in [2.24, 2.45) is 0 Å². The van der Waals surface area contributed by atoms with Crippen molar-refractivity contribution in [1.29, 1.82) is 0 Å². The Hall–Kier alpha value is -2.17. The molecule has 1 aromatic carbocycles. The van der Waals surface area contributed by atoms with E-state index in [2.05, 4.69) is 34.3 Å². The molecule has 5 heteroatoms. The Labute approximate surface area is 106 Å². The summed E-state index contributed by atoms with van der Waals surface area (Å²) in [4.78, 5) is 15.8. The number of carbonyl (C=O) groups is 1. The minimum atomic E-state index is -0.274. The molecule has 5 nitrogen and oxygen atoms in total. The van der Waals surface area contributed by atoms with Gasteiger partial charge in [0.2, 0.25) is 5.82 Å². The van der Waals surface area contributed by atoms with Gasteiger partial charge in [-0.05, 0) is 24.0 Å². The summed E-state index contributed by atoms with van der Waals surface area (Å²) >= 11 is 0. The van der Waals surface area contributed by atoms with Crippen LogP contribution in [-0.4, -0.2) is 21.1 Å². The minimum Gasteiger partial charge on any atom is -0.319 e. The van der Waals surface area contributed by atoms with E-state index in [0.29, 0.717) is 5.92 Å². The van der Waals surface area contributed by atoms with Gasteiger partial charge in [0.05, 0.1) is 0 Å². The molecule has 1 aromatic heterocycles. The molecule has 2 aromatic rings. The Kier molecular flexibility index (Phi) is 3.41. The quantitative estimate of drug-likeness (QED) is 0.871. The molecular weight excluding hydrogens is 228 g/mol. The van der Waals surface area contributed by atoms with Gasteiger partial charge < -0.3 is 5.32 Å². The first-order valence-corrected chi connectivity index (χ1v) is 5.86. The van der Waals surface area contributed by atoms with E-state index in [1.165, 1.54) is 6.33 Å². The number of H-pyrrole nitrogens is 1. The molecule has 18 heavy (non-hydrogen) atoms. The molecule has 2 rings (SSSR count). The lowest BCUT2D eigenvalue weighted by molar-refractivity contribution is 0.101. The number of hydrogen-bond donors (Lipinski definition) is 2. The highest BCUT2D eigenvalue weighted by molar-refractivity contribution is 6.02. The molecule has 0 bridgehead atoms. The van der Waals surface area contributed by atoms with Crippen LogP contribution in [0.25, 0.3) is 0 Å². The second-order valence-electron chi connectivity index (χ2n) is 4.48. The van der Waals surface area contributed by atoms with Gasteiger partial charge in [0.1, 0.15) is 6.33 Å². The van der Waals surface area contributed by atoms with E-state index in [0.717, 1.165) is 16.8 Å². The summed E-state index contributed by atoms with van der Waals surface area (Å²) in [6, 6.07) is 5.99. The number of aryl methyl sites for hydroxylation is 1. The Morgan fingerprint density at radius 2 is 2.17 bits per heavy atom. The highest BCUT2D eigenvalue weighted by Crippen LogP contribution is 2.27. The van der Waals surface area contributed by atoms with Crippen LogP contribution < -0.4 is 5.32 Å². The van der Waals surface area contributed by atoms with Crippen LogP contribution in [0.3, 0.4) is 0 Å². The first-order chi connectivity index (χ1) is 8.59. The number of hydrogen-bond acceptors (Lipinski definition) is 3. The van der Waals surface area contributed by atoms with Gasteiger partial charge >= 0.3 is 0 Å². The molecule has 94 valence electrons. The summed E-state index contributed by atoms with van der Waals surface area (Å²) in [6.45, 7) is 6.17. The number of rotatable bonds is 3. The summed E-state index contributed by atoms with van der Waals surface area (Å²) in [6.07, 6.45) is 1.32. The molecule has 0 saturated carbocycles. The van der Waals surface area contributed by atoms with Crippen LogP contribution in [0.5, 0.6) is 0 Å². The Balaban J connectivity index is 2.31. The number of nitrogens with zero attached hydrogens (tertiary/aromatic N) is 2. The summed E-state index contributed by atoms with van der Waals surface area (Å²) in [5.41, 5.74) is 3.01. The van der Waals surface area contributed by atoms with Crippen molar-refractivity contribution in [3.8, 4) is 0 Å². The van der Waals surface area contributed by atoms with Gasteiger partial charge in [-0.25, -0.2) is 4.98 Å². The van der Waals surface area contributed by atoms with E-state index >= 15 is 0 Å². The van der Waals surface area contributed by atoms with Gasteiger partial charge in [0.25, 0.3) is 5.91 Å². The molecule has 1 heterocycles. The van der Waals surface area contributed by atoms with Gasteiger partial charge in [0.15, 0.2) is 0 Å². The molecule has 0 fully saturated rings. The monoisotopic (exact) mass is 244 g/mol. The van der Waals surface area contributed by atoms with Crippen molar-refractivity contribution in [2.75, 3.05) is 5.32 Å². The zero-order valence-corrected chi connectivity index (χ0v) is 10.7. The third-order valence-electron chi connectivity index (χ3n) is 2.80. The predicted molar refractivity (Wildman–Crippen MR) is 69.6 cm³/mol. The lowest BCUT2D eigenvalue weighted by Crippen LogP contribution is -2.16. The van der Waals surface area contributed by atoms with Gasteiger partial charge in [-0.2, -0.15) is 5.10 Å². The van der Waals surface area contributed by atoms with Gasteiger partial charge in [-0.15, -0.1) is 0 Å². The van der Waals surface area contributed by atoms with Gasteiger partial charge in [-0.1, -0.05) is 32.0 Å². The van der Waals surface area contributed by atoms with Crippen LogP contribution in [0.2, 0.25) is 0 Å². The SMILES string of the molecule is Cc1cccc(C(C)C)c1NC(=O)c1ncn[nH]1. The maximum atomic E-state index is 12.0. The Bertz CT molecular complexity index is 546. The number of aromatic amines is 1. The first kappa shape index (κ1) is 12.3. The predicted octanol–water partition coefficient (Wildman–Crippen LogP) is 2.49. The van der Waals surface area contributed by atoms with Gasteiger partial charge in [-0.3, -0.25) is 9.89 Å². The smallest absolute Gasteiger partial charge is 0.292 e. The summed E-state index contributed by atoms with van der Waals surface area (Å²) in [7, 11) is 0. The van der Waals surface area contributed by atoms with E-state index in [1.807, 2.05) is 25.1 Å². The standard InChI is InChI=1S/C13H16N4O/c1-8(2)10-6-4-5-9(3)11(10)16-13(18)12-14-7-15-17-12/h4-8H,1-3H3,(H,16,18)(H,14,15,17). The molecule has 0 aliphatic heterocycles. The average molecular weight is 244 g/mol. The van der Waals surface area contributed by atoms with E-state index in [-0.39, 0.29) is 11.7 Å². The van der Waals surface area contributed by atoms with E-state index in [4.69, 9.17) is 0 Å². The number of carbonyl (C=O) groups excluding carboxylic acids is 1. The number of anilines is 1. The molecule has 0 atom stereocenters. The van der Waals surface area contributed by atoms with Crippen molar-refractivity contribution >= 4 is 11.6 Å². The number of amides is 1. The van der Waals surface area contributed by atoms with Crippen molar-refractivity contribution in [2.45, 2.75) is 26.7 Å². The largest absolute Gasteiger partial charge is 0.319 e. The second-order valence-corrected chi connectivity index (χ2v) is 4.48. The van der Waals surface area contributed by atoms with Crippen LogP contribution in [0.15, 0.2) is 24.5 Å². The van der Waals surface area contributed by atoms with Crippen LogP contribution in [0.4, 0.5) is 5.69 Å². The summed E-state index contributed by atoms with van der Waals surface area (Å²) in [5, 5.41) is 9.11. The number of nitrogens with one attached hydrogen (secondary N) is 2.